The van der Waals surface area contributed by atoms with E-state index in [0.717, 1.165) is 11.1 Å². The normalized spacial score (nSPS) is 12.2. The number of aromatic hydroxyl groups is 2. The second-order valence-corrected chi connectivity index (χ2v) is 13.4. The zero-order valence-corrected chi connectivity index (χ0v) is 25.1. The minimum absolute atomic E-state index is 0. The molecule has 6 nitrogen and oxygen atoms in total. The molecule has 2 rings (SSSR count). The van der Waals surface area contributed by atoms with Crippen molar-refractivity contribution in [3.8, 4) is 11.5 Å². The average Bonchev–Trinajstić information content (AvgIpc) is 2.64. The number of aromatic carboxylic acids is 2. The third kappa shape index (κ3) is 8.79. The number of carboxylic acids is 2. The van der Waals surface area contributed by atoms with E-state index in [0.29, 0.717) is 11.1 Å². The van der Waals surface area contributed by atoms with Gasteiger partial charge in [0.2, 0.25) is 0 Å². The molecule has 0 aliphatic rings. The Morgan fingerprint density at radius 2 is 0.784 bits per heavy atom. The number of carboxylic acid groups (broad SMARTS) is 2. The number of carbonyl (C=O) groups excluding carboxylic acids is 2. The van der Waals surface area contributed by atoms with E-state index in [1.54, 1.807) is 0 Å². The van der Waals surface area contributed by atoms with Crippen LogP contribution < -0.4 is 10.2 Å². The zero-order chi connectivity index (χ0) is 28.6. The van der Waals surface area contributed by atoms with Crippen LogP contribution in [0.15, 0.2) is 24.3 Å². The Balaban J connectivity index is 0.000000682. The number of hydrogen-bond acceptors (Lipinski definition) is 6. The summed E-state index contributed by atoms with van der Waals surface area (Å²) in [6.07, 6.45) is 0. The molecule has 0 bridgehead atoms. The number of hydrogen-bond donors (Lipinski definition) is 2. The maximum absolute atomic E-state index is 11.1. The maximum Gasteiger partial charge on any atom is 2.00 e. The number of benzene rings is 2. The monoisotopic (exact) mass is 561 g/mol. The van der Waals surface area contributed by atoms with Crippen LogP contribution in [0.2, 0.25) is 0 Å². The molecular formula is C30H42CuO6. The summed E-state index contributed by atoms with van der Waals surface area (Å²) in [7, 11) is 0. The second kappa shape index (κ2) is 11.5. The summed E-state index contributed by atoms with van der Waals surface area (Å²) in [6, 6.07) is 6.75. The molecule has 2 aromatic carbocycles. The van der Waals surface area contributed by atoms with Crippen molar-refractivity contribution in [3.05, 3.63) is 57.6 Å². The summed E-state index contributed by atoms with van der Waals surface area (Å²) in [5.41, 5.74) is 1.75. The first kappa shape index (κ1) is 34.5. The summed E-state index contributed by atoms with van der Waals surface area (Å²) < 4.78 is 0. The molecule has 0 fully saturated rings. The molecule has 0 spiro atoms. The van der Waals surface area contributed by atoms with Gasteiger partial charge in [-0.3, -0.25) is 0 Å². The molecule has 0 saturated heterocycles. The topological polar surface area (TPSA) is 121 Å². The fraction of sp³-hybridized carbons (Fsp3) is 0.533. The molecule has 0 amide bonds. The van der Waals surface area contributed by atoms with E-state index in [4.69, 9.17) is 0 Å². The van der Waals surface area contributed by atoms with Crippen molar-refractivity contribution < 1.29 is 47.1 Å². The SMILES string of the molecule is CC(C)(C)c1cc(C(=O)[O-])c(O)c(C(C)(C)C)c1.CC(C)(C)c1cc(C(=O)[O-])c(O)c(C(C)(C)C)c1.[Cu+2]. The summed E-state index contributed by atoms with van der Waals surface area (Å²) >= 11 is 0. The van der Waals surface area contributed by atoms with Crippen molar-refractivity contribution in [2.75, 3.05) is 0 Å². The van der Waals surface area contributed by atoms with Gasteiger partial charge in [0.25, 0.3) is 0 Å². The average molecular weight is 562 g/mol. The van der Waals surface area contributed by atoms with Crippen molar-refractivity contribution in [2.45, 2.75) is 105 Å². The second-order valence-electron chi connectivity index (χ2n) is 13.4. The Hall–Kier alpha value is -2.50. The first-order valence-corrected chi connectivity index (χ1v) is 12.1. The van der Waals surface area contributed by atoms with Crippen molar-refractivity contribution in [1.82, 2.24) is 0 Å². The van der Waals surface area contributed by atoms with E-state index in [1.165, 1.54) is 12.1 Å². The molecule has 0 saturated carbocycles. The maximum atomic E-state index is 11.1. The summed E-state index contributed by atoms with van der Waals surface area (Å²) in [4.78, 5) is 22.2. The molecule has 209 valence electrons. The van der Waals surface area contributed by atoms with E-state index in [9.17, 15) is 30.0 Å². The third-order valence-electron chi connectivity index (χ3n) is 6.01. The Kier molecular flexibility index (Phi) is 10.7. The van der Waals surface area contributed by atoms with Gasteiger partial charge in [-0.05, 0) is 44.9 Å². The molecule has 1 radical (unpaired) electrons. The molecular weight excluding hydrogens is 520 g/mol. The molecule has 0 atom stereocenters. The molecule has 2 N–H and O–H groups in total. The number of rotatable bonds is 2. The van der Waals surface area contributed by atoms with Crippen LogP contribution in [0.4, 0.5) is 0 Å². The summed E-state index contributed by atoms with van der Waals surface area (Å²) in [5.74, 6) is -3.06. The van der Waals surface area contributed by atoms with Gasteiger partial charge >= 0.3 is 17.1 Å². The minimum Gasteiger partial charge on any atom is -0.545 e. The fourth-order valence-corrected chi connectivity index (χ4v) is 3.59. The van der Waals surface area contributed by atoms with Crippen LogP contribution in [0, 0.1) is 0 Å². The molecule has 2 aromatic rings. The first-order valence-electron chi connectivity index (χ1n) is 12.1. The van der Waals surface area contributed by atoms with Crippen LogP contribution in [-0.4, -0.2) is 22.2 Å². The molecule has 0 unspecified atom stereocenters. The Bertz CT molecular complexity index is 1050. The van der Waals surface area contributed by atoms with Gasteiger partial charge in [-0.2, -0.15) is 0 Å². The first-order chi connectivity index (χ1) is 15.9. The van der Waals surface area contributed by atoms with Crippen molar-refractivity contribution in [3.63, 3.8) is 0 Å². The Labute approximate surface area is 232 Å². The molecule has 0 heterocycles. The van der Waals surface area contributed by atoms with E-state index in [2.05, 4.69) is 0 Å². The largest absolute Gasteiger partial charge is 2.00 e. The summed E-state index contributed by atoms with van der Waals surface area (Å²) in [5, 5.41) is 42.3. The Morgan fingerprint density at radius 3 is 0.946 bits per heavy atom. The van der Waals surface area contributed by atoms with Crippen molar-refractivity contribution >= 4 is 11.9 Å². The molecule has 0 aliphatic carbocycles. The zero-order valence-electron chi connectivity index (χ0n) is 24.1. The molecule has 0 aliphatic heterocycles. The van der Waals surface area contributed by atoms with Crippen molar-refractivity contribution in [2.24, 2.45) is 0 Å². The predicted molar refractivity (Wildman–Crippen MR) is 140 cm³/mol. The van der Waals surface area contributed by atoms with Crippen molar-refractivity contribution in [1.29, 1.82) is 0 Å². The number of carbonyl (C=O) groups is 2. The van der Waals surface area contributed by atoms with Gasteiger partial charge in [0.05, 0.1) is 11.9 Å². The van der Waals surface area contributed by atoms with Gasteiger partial charge in [-0.15, -0.1) is 0 Å². The predicted octanol–water partition coefficient (Wildman–Crippen LogP) is 4.70. The van der Waals surface area contributed by atoms with Crippen LogP contribution >= 0.6 is 0 Å². The van der Waals surface area contributed by atoms with Crippen LogP contribution in [0.1, 0.15) is 126 Å². The quantitative estimate of drug-likeness (QED) is 0.513. The third-order valence-corrected chi connectivity index (χ3v) is 6.01. The van der Waals surface area contributed by atoms with Gasteiger partial charge in [0.1, 0.15) is 11.5 Å². The minimum atomic E-state index is -1.34. The van der Waals surface area contributed by atoms with Gasteiger partial charge < -0.3 is 30.0 Å². The van der Waals surface area contributed by atoms with E-state index in [1.807, 2.05) is 95.2 Å². The van der Waals surface area contributed by atoms with Gasteiger partial charge in [0, 0.05) is 22.3 Å². The smallest absolute Gasteiger partial charge is 0.545 e. The van der Waals surface area contributed by atoms with Gasteiger partial charge in [-0.25, -0.2) is 0 Å². The van der Waals surface area contributed by atoms with E-state index >= 15 is 0 Å². The standard InChI is InChI=1S/2C15H22O3.Cu/c2*1-14(2,3)9-7-10(13(17)18)12(16)11(8-9)15(4,5)6;/h2*7-8,16H,1-6H3,(H,17,18);/q;;+2/p-2. The van der Waals surface area contributed by atoms with Gasteiger partial charge in [0.15, 0.2) is 0 Å². The fourth-order valence-electron chi connectivity index (χ4n) is 3.59. The number of phenols is 2. The van der Waals surface area contributed by atoms with Crippen LogP contribution in [-0.2, 0) is 38.7 Å². The van der Waals surface area contributed by atoms with Gasteiger partial charge in [-0.1, -0.05) is 95.2 Å². The van der Waals surface area contributed by atoms with E-state index in [-0.39, 0.29) is 61.4 Å². The van der Waals surface area contributed by atoms with Crippen LogP contribution in [0.5, 0.6) is 11.5 Å². The van der Waals surface area contributed by atoms with E-state index < -0.39 is 11.9 Å². The van der Waals surface area contributed by atoms with Crippen LogP contribution in [0.3, 0.4) is 0 Å². The molecule has 0 aromatic heterocycles. The molecule has 7 heteroatoms. The Morgan fingerprint density at radius 1 is 0.541 bits per heavy atom. The summed E-state index contributed by atoms with van der Waals surface area (Å²) in [6.45, 7) is 23.7. The van der Waals surface area contributed by atoms with Crippen LogP contribution in [0.25, 0.3) is 0 Å². The molecule has 37 heavy (non-hydrogen) atoms.